The minimum absolute atomic E-state index is 0.0108. The fourth-order valence-electron chi connectivity index (χ4n) is 7.09. The number of benzene rings is 1. The number of ether oxygens (including phenoxy) is 1. The molecule has 0 aromatic heterocycles. The van der Waals surface area contributed by atoms with Crippen LogP contribution in [0.15, 0.2) is 52.9 Å². The van der Waals surface area contributed by atoms with Gasteiger partial charge in [-0.1, -0.05) is 24.4 Å². The van der Waals surface area contributed by atoms with E-state index in [2.05, 4.69) is 44.0 Å². The van der Waals surface area contributed by atoms with Gasteiger partial charge in [0.1, 0.15) is 18.0 Å². The molecule has 3 aliphatic heterocycles. The smallest absolute Gasteiger partial charge is 0.268 e. The Bertz CT molecular complexity index is 1480. The molecular formula is C35H45ClN7O4S+. The van der Waals surface area contributed by atoms with Crippen LogP contribution in [0.2, 0.25) is 5.02 Å². The summed E-state index contributed by atoms with van der Waals surface area (Å²) in [7, 11) is 0. The number of rotatable bonds is 9. The van der Waals surface area contributed by atoms with Crippen molar-refractivity contribution in [2.24, 2.45) is 16.8 Å². The van der Waals surface area contributed by atoms with Crippen molar-refractivity contribution in [3.8, 4) is 5.75 Å². The van der Waals surface area contributed by atoms with Gasteiger partial charge >= 0.3 is 0 Å². The third-order valence-corrected chi connectivity index (χ3v) is 10.2. The molecule has 0 radical (unpaired) electrons. The minimum Gasteiger partial charge on any atom is -0.394 e. The van der Waals surface area contributed by atoms with E-state index in [1.165, 1.54) is 0 Å². The summed E-state index contributed by atoms with van der Waals surface area (Å²) in [4.78, 5) is 52.9. The summed E-state index contributed by atoms with van der Waals surface area (Å²) in [5.74, 6) is 2.23. The molecule has 256 valence electrons. The largest absolute Gasteiger partial charge is 0.394 e. The number of amides is 3. The first-order chi connectivity index (χ1) is 23.4. The Labute approximate surface area is 293 Å². The van der Waals surface area contributed by atoms with Crippen LogP contribution < -0.4 is 15.4 Å². The van der Waals surface area contributed by atoms with E-state index in [1.54, 1.807) is 12.1 Å². The predicted octanol–water partition coefficient (Wildman–Crippen LogP) is 2.35. The molecule has 0 bridgehead atoms. The number of nitrogens with zero attached hydrogens (tertiary/aromatic N) is 5. The lowest BCUT2D eigenvalue weighted by atomic mass is 9.77. The first-order valence-electron chi connectivity index (χ1n) is 17.1. The molecule has 48 heavy (non-hydrogen) atoms. The van der Waals surface area contributed by atoms with Crippen molar-refractivity contribution in [1.82, 2.24) is 30.2 Å². The van der Waals surface area contributed by atoms with Crippen molar-refractivity contribution in [3.63, 3.8) is 0 Å². The molecule has 2 N–H and O–H groups in total. The molecule has 0 spiro atoms. The number of carbonyl (C=O) groups is 3. The molecule has 2 aliphatic carbocycles. The average Bonchev–Trinajstić information content (AvgIpc) is 3.28. The van der Waals surface area contributed by atoms with Gasteiger partial charge in [-0.15, -0.1) is 0 Å². The van der Waals surface area contributed by atoms with E-state index in [9.17, 15) is 14.4 Å². The van der Waals surface area contributed by atoms with Crippen molar-refractivity contribution >= 4 is 47.8 Å². The molecule has 6 rings (SSSR count). The van der Waals surface area contributed by atoms with Gasteiger partial charge in [-0.25, -0.2) is 0 Å². The second-order valence-corrected chi connectivity index (χ2v) is 13.7. The standard InChI is InChI=1S/C35H44ClN7O4S/c36-25-9-10-30-28(23-25)33(39-29-7-3-4-8-31(29)47-30)42-18-20-43(21-19-42)35(46)27-6-2-1-5-26(27)34(45)38-11-13-40-14-16-41(17-15-40)24-32(44)37-12-22-48/h3,7-10,23,26-27H,1-2,5-6,11-22,24H2,(H2-,37,38,44,45,48)/p+1/t26-,27+/m1/s1. The normalized spacial score (nSPS) is 22.9. The summed E-state index contributed by atoms with van der Waals surface area (Å²) in [6.07, 6.45) is 11.9. The summed E-state index contributed by atoms with van der Waals surface area (Å²) >= 11 is 10.5. The van der Waals surface area contributed by atoms with Gasteiger partial charge in [0.05, 0.1) is 18.2 Å². The van der Waals surface area contributed by atoms with Gasteiger partial charge in [0, 0.05) is 101 Å². The fourth-order valence-corrected chi connectivity index (χ4v) is 7.37. The van der Waals surface area contributed by atoms with E-state index in [1.807, 2.05) is 29.2 Å². The maximum Gasteiger partial charge on any atom is 0.268 e. The number of piperazine rings is 2. The number of allylic oxidation sites excluding steroid dienone is 4. The number of halogens is 1. The van der Waals surface area contributed by atoms with Crippen molar-refractivity contribution in [2.75, 3.05) is 84.3 Å². The van der Waals surface area contributed by atoms with Crippen LogP contribution >= 0.6 is 24.2 Å². The summed E-state index contributed by atoms with van der Waals surface area (Å²) in [6.45, 7) is 7.98. The van der Waals surface area contributed by atoms with E-state index >= 15 is 0 Å². The number of carbonyl (C=O) groups excluding carboxylic acids is 3. The first kappa shape index (κ1) is 34.5. The van der Waals surface area contributed by atoms with Gasteiger partial charge in [-0.3, -0.25) is 24.2 Å². The number of fused-ring (bicyclic) bond motifs is 1. The van der Waals surface area contributed by atoms with Gasteiger partial charge in [-0.2, -0.15) is 17.6 Å². The van der Waals surface area contributed by atoms with Crippen molar-refractivity contribution in [3.05, 3.63) is 64.5 Å². The van der Waals surface area contributed by atoms with Crippen molar-refractivity contribution in [1.29, 1.82) is 0 Å². The summed E-state index contributed by atoms with van der Waals surface area (Å²) in [6, 6.07) is 5.54. The Balaban J connectivity index is 1.00. The molecule has 3 heterocycles. The van der Waals surface area contributed by atoms with Crippen molar-refractivity contribution in [2.45, 2.75) is 25.7 Å². The Kier molecular flexibility index (Phi) is 11.7. The lowest BCUT2D eigenvalue weighted by Gasteiger charge is -2.40. The maximum absolute atomic E-state index is 13.9. The summed E-state index contributed by atoms with van der Waals surface area (Å²) in [5.41, 5.74) is 1.54. The number of hydrogen-bond acceptors (Lipinski definition) is 9. The van der Waals surface area contributed by atoms with Crippen LogP contribution in [0.1, 0.15) is 31.2 Å². The second-order valence-electron chi connectivity index (χ2n) is 12.9. The fraction of sp³-hybridized carbons (Fsp3) is 0.543. The first-order valence-corrected chi connectivity index (χ1v) is 18.1. The van der Waals surface area contributed by atoms with Crippen LogP contribution in [0, 0.1) is 17.9 Å². The molecule has 3 fully saturated rings. The average molecular weight is 695 g/mol. The number of thiol groups is 1. The van der Waals surface area contributed by atoms with E-state index in [-0.39, 0.29) is 29.6 Å². The van der Waals surface area contributed by atoms with E-state index in [0.717, 1.165) is 75.5 Å². The van der Waals surface area contributed by atoms with Gasteiger partial charge in [-0.05, 0) is 31.0 Å². The van der Waals surface area contributed by atoms with Crippen LogP contribution in [0.25, 0.3) is 0 Å². The maximum atomic E-state index is 13.9. The summed E-state index contributed by atoms with van der Waals surface area (Å²) in [5, 5.41) is 6.61. The van der Waals surface area contributed by atoms with Crippen LogP contribution in [-0.2, 0) is 14.4 Å². The Morgan fingerprint density at radius 3 is 2.48 bits per heavy atom. The third kappa shape index (κ3) is 8.41. The zero-order valence-electron chi connectivity index (χ0n) is 27.3. The molecular weight excluding hydrogens is 650 g/mol. The lowest BCUT2D eigenvalue weighted by Crippen LogP contribution is -2.54. The molecule has 5 aliphatic rings. The predicted molar refractivity (Wildman–Crippen MR) is 189 cm³/mol. The molecule has 0 unspecified atom stereocenters. The van der Waals surface area contributed by atoms with Crippen molar-refractivity contribution < 1.29 is 19.1 Å². The van der Waals surface area contributed by atoms with E-state index in [0.29, 0.717) is 68.1 Å². The monoisotopic (exact) mass is 694 g/mol. The van der Waals surface area contributed by atoms with Crippen LogP contribution in [0.4, 0.5) is 0 Å². The quantitative estimate of drug-likeness (QED) is 0.269. The van der Waals surface area contributed by atoms with Gasteiger partial charge in [0.2, 0.25) is 23.4 Å². The zero-order chi connectivity index (χ0) is 33.5. The van der Waals surface area contributed by atoms with Crippen LogP contribution in [0.5, 0.6) is 5.75 Å². The molecule has 2 atom stereocenters. The minimum atomic E-state index is -0.303. The molecule has 1 aromatic carbocycles. The Morgan fingerprint density at radius 1 is 0.958 bits per heavy atom. The highest BCUT2D eigenvalue weighted by Gasteiger charge is 2.39. The molecule has 3 amide bonds. The Hall–Kier alpha value is -3.41. The molecule has 2 saturated heterocycles. The van der Waals surface area contributed by atoms with E-state index < -0.39 is 0 Å². The number of amidine groups is 1. The highest BCUT2D eigenvalue weighted by atomic mass is 35.5. The highest BCUT2D eigenvalue weighted by Crippen LogP contribution is 2.34. The second kappa shape index (κ2) is 16.3. The third-order valence-electron chi connectivity index (χ3n) is 9.74. The molecule has 1 saturated carbocycles. The lowest BCUT2D eigenvalue weighted by molar-refractivity contribution is -0.144. The summed E-state index contributed by atoms with van der Waals surface area (Å²) < 4.78 is 6.19. The number of nitrogens with one attached hydrogen (secondary N) is 2. The number of aliphatic imine (C=N–C) groups is 1. The molecule has 13 heteroatoms. The van der Waals surface area contributed by atoms with Gasteiger partial charge in [0.15, 0.2) is 5.75 Å². The van der Waals surface area contributed by atoms with Crippen LogP contribution in [-0.4, -0.2) is 127 Å². The molecule has 11 nitrogen and oxygen atoms in total. The zero-order valence-corrected chi connectivity index (χ0v) is 29.0. The Morgan fingerprint density at radius 2 is 1.71 bits per heavy atom. The van der Waals surface area contributed by atoms with Gasteiger partial charge in [0.25, 0.3) is 5.76 Å². The van der Waals surface area contributed by atoms with E-state index in [4.69, 9.17) is 21.3 Å². The van der Waals surface area contributed by atoms with Crippen LogP contribution in [0.3, 0.4) is 0 Å². The SMILES string of the molecule is O=C(CN1CCN(CCNC(=O)[C@@H]2CCCC[C@@H]2C(=O)N2CCN(C3=NC4=C(C=[C+]C=C4)Oc4ccc(Cl)cc43)CC2)CC1)NCCS. The topological polar surface area (TPSA) is 110 Å². The highest BCUT2D eigenvalue weighted by molar-refractivity contribution is 7.80. The molecule has 1 aromatic rings. The van der Waals surface area contributed by atoms with Gasteiger partial charge < -0.3 is 25.2 Å². The number of hydrogen-bond donors (Lipinski definition) is 3.